The highest BCUT2D eigenvalue weighted by Crippen LogP contribution is 2.22. The fourth-order valence-electron chi connectivity index (χ4n) is 1.22. The topological polar surface area (TPSA) is 94.3 Å². The summed E-state index contributed by atoms with van der Waals surface area (Å²) >= 11 is 1.38. The lowest BCUT2D eigenvalue weighted by molar-refractivity contribution is -0.118. The lowest BCUT2D eigenvalue weighted by Gasteiger charge is -1.99. The number of nitrogens with two attached hydrogens (primary N) is 1. The molecule has 0 atom stereocenters. The number of aromatic nitrogens is 1. The first-order valence-corrected chi connectivity index (χ1v) is 5.94. The molecule has 0 bridgehead atoms. The van der Waals surface area contributed by atoms with Gasteiger partial charge in [-0.1, -0.05) is 0 Å². The molecule has 0 aromatic carbocycles. The number of hydrogen-bond acceptors (Lipinski definition) is 6. The molecule has 3 N–H and O–H groups in total. The number of nitrogens with one attached hydrogen (secondary N) is 1. The molecule has 17 heavy (non-hydrogen) atoms. The van der Waals surface area contributed by atoms with E-state index in [0.717, 1.165) is 4.88 Å². The Bertz CT molecular complexity index is 417. The largest absolute Gasteiger partial charge is 0.464 e. The maximum Gasteiger partial charge on any atom is 0.357 e. The number of rotatable bonds is 6. The smallest absolute Gasteiger partial charge is 0.357 e. The zero-order valence-electron chi connectivity index (χ0n) is 9.78. The normalized spacial score (nSPS) is 10.0. The lowest BCUT2D eigenvalue weighted by Crippen LogP contribution is -2.12. The molecule has 0 aliphatic carbocycles. The molecule has 1 heterocycles. The van der Waals surface area contributed by atoms with Crippen LogP contribution >= 0.6 is 11.3 Å². The van der Waals surface area contributed by atoms with Gasteiger partial charge in [0.2, 0.25) is 5.91 Å². The zero-order chi connectivity index (χ0) is 12.8. The van der Waals surface area contributed by atoms with E-state index in [1.165, 1.54) is 18.4 Å². The van der Waals surface area contributed by atoms with Gasteiger partial charge in [0, 0.05) is 17.8 Å². The second-order valence-corrected chi connectivity index (χ2v) is 4.62. The minimum atomic E-state index is -0.441. The van der Waals surface area contributed by atoms with E-state index in [9.17, 15) is 9.59 Å². The van der Waals surface area contributed by atoms with Crippen molar-refractivity contribution in [2.75, 3.05) is 19.0 Å². The van der Waals surface area contributed by atoms with Crippen molar-refractivity contribution in [2.24, 2.45) is 5.73 Å². The quantitative estimate of drug-likeness (QED) is 0.583. The van der Waals surface area contributed by atoms with Gasteiger partial charge in [-0.25, -0.2) is 9.78 Å². The molecule has 0 saturated heterocycles. The summed E-state index contributed by atoms with van der Waals surface area (Å²) in [6.45, 7) is 2.40. The summed E-state index contributed by atoms with van der Waals surface area (Å²) in [6, 6.07) is 0. The summed E-state index contributed by atoms with van der Waals surface area (Å²) in [4.78, 5) is 26.7. The fourth-order valence-corrected chi connectivity index (χ4v) is 2.04. The number of methoxy groups -OCH3 is 1. The number of carbonyl (C=O) groups excluding carboxylic acids is 2. The van der Waals surface area contributed by atoms with Gasteiger partial charge in [0.05, 0.1) is 7.11 Å². The molecule has 1 aromatic heterocycles. The molecule has 1 amide bonds. The van der Waals surface area contributed by atoms with Crippen LogP contribution in [0.25, 0.3) is 0 Å². The molecule has 1 rings (SSSR count). The van der Waals surface area contributed by atoms with Crippen molar-refractivity contribution in [3.63, 3.8) is 0 Å². The summed E-state index contributed by atoms with van der Waals surface area (Å²) in [7, 11) is 1.32. The third-order valence-corrected chi connectivity index (χ3v) is 2.98. The van der Waals surface area contributed by atoms with Gasteiger partial charge in [0.15, 0.2) is 10.8 Å². The van der Waals surface area contributed by atoms with E-state index in [-0.39, 0.29) is 5.91 Å². The predicted octanol–water partition coefficient (Wildman–Crippen LogP) is 0.916. The highest BCUT2D eigenvalue weighted by molar-refractivity contribution is 7.15. The standard InChI is InChI=1S/C10H15N3O3S/c1-6-8(9(15)16-2)13-10(17-6)12-5-3-4-7(11)14/h3-5H2,1-2H3,(H2,11,14)(H,12,13). The third-order valence-electron chi connectivity index (χ3n) is 2.05. The summed E-state index contributed by atoms with van der Waals surface area (Å²) in [5.41, 5.74) is 5.35. The van der Waals surface area contributed by atoms with E-state index < -0.39 is 5.97 Å². The van der Waals surface area contributed by atoms with Crippen LogP contribution in [-0.2, 0) is 9.53 Å². The first-order chi connectivity index (χ1) is 8.04. The van der Waals surface area contributed by atoms with Crippen LogP contribution in [0.4, 0.5) is 5.13 Å². The van der Waals surface area contributed by atoms with Gasteiger partial charge < -0.3 is 15.8 Å². The van der Waals surface area contributed by atoms with Gasteiger partial charge in [-0.15, -0.1) is 11.3 Å². The van der Waals surface area contributed by atoms with Gasteiger partial charge in [-0.3, -0.25) is 4.79 Å². The number of nitrogens with zero attached hydrogens (tertiary/aromatic N) is 1. The Labute approximate surface area is 103 Å². The number of esters is 1. The van der Waals surface area contributed by atoms with Gasteiger partial charge >= 0.3 is 5.97 Å². The maximum atomic E-state index is 11.3. The number of thiazole rings is 1. The Morgan fingerprint density at radius 2 is 2.24 bits per heavy atom. The Balaban J connectivity index is 2.50. The number of ether oxygens (including phenoxy) is 1. The minimum Gasteiger partial charge on any atom is -0.464 e. The van der Waals surface area contributed by atoms with E-state index in [2.05, 4.69) is 15.0 Å². The lowest BCUT2D eigenvalue weighted by atomic mass is 10.3. The second-order valence-electron chi connectivity index (χ2n) is 3.41. The van der Waals surface area contributed by atoms with E-state index in [4.69, 9.17) is 5.73 Å². The second kappa shape index (κ2) is 6.19. The van der Waals surface area contributed by atoms with Crippen LogP contribution in [0.1, 0.15) is 28.2 Å². The van der Waals surface area contributed by atoms with Crippen LogP contribution in [0.3, 0.4) is 0 Å². The minimum absolute atomic E-state index is 0.322. The number of carbonyl (C=O) groups is 2. The highest BCUT2D eigenvalue weighted by atomic mass is 32.1. The first kappa shape index (κ1) is 13.4. The van der Waals surface area contributed by atoms with Crippen LogP contribution < -0.4 is 11.1 Å². The molecule has 0 saturated carbocycles. The molecule has 0 unspecified atom stereocenters. The van der Waals surface area contributed by atoms with Crippen LogP contribution in [0.2, 0.25) is 0 Å². The molecule has 7 heteroatoms. The summed E-state index contributed by atoms with van der Waals surface area (Å²) in [5, 5.41) is 3.68. The van der Waals surface area contributed by atoms with E-state index >= 15 is 0 Å². The van der Waals surface area contributed by atoms with Crippen molar-refractivity contribution in [3.8, 4) is 0 Å². The van der Waals surface area contributed by atoms with Crippen molar-refractivity contribution in [1.82, 2.24) is 4.98 Å². The van der Waals surface area contributed by atoms with E-state index in [1.807, 2.05) is 0 Å². The van der Waals surface area contributed by atoms with Gasteiger partial charge in [-0.05, 0) is 13.3 Å². The molecule has 6 nitrogen and oxygen atoms in total. The average molecular weight is 257 g/mol. The molecular weight excluding hydrogens is 242 g/mol. The van der Waals surface area contributed by atoms with Gasteiger partial charge in [0.25, 0.3) is 0 Å². The van der Waals surface area contributed by atoms with Gasteiger partial charge in [0.1, 0.15) is 0 Å². The van der Waals surface area contributed by atoms with Gasteiger partial charge in [-0.2, -0.15) is 0 Å². The molecule has 0 aliphatic heterocycles. The van der Waals surface area contributed by atoms with E-state index in [1.54, 1.807) is 6.92 Å². The third kappa shape index (κ3) is 4.03. The van der Waals surface area contributed by atoms with Crippen molar-refractivity contribution < 1.29 is 14.3 Å². The van der Waals surface area contributed by atoms with Crippen LogP contribution in [0.15, 0.2) is 0 Å². The molecule has 0 radical (unpaired) electrons. The maximum absolute atomic E-state index is 11.3. The molecular formula is C10H15N3O3S. The van der Waals surface area contributed by atoms with Crippen LogP contribution in [0.5, 0.6) is 0 Å². The van der Waals surface area contributed by atoms with Crippen LogP contribution in [0, 0.1) is 6.92 Å². The SMILES string of the molecule is COC(=O)c1nc(NCCCC(N)=O)sc1C. The Morgan fingerprint density at radius 3 is 2.82 bits per heavy atom. The molecule has 0 fully saturated rings. The van der Waals surface area contributed by atoms with Crippen LogP contribution in [-0.4, -0.2) is 30.5 Å². The van der Waals surface area contributed by atoms with Crippen molar-refractivity contribution >= 4 is 28.3 Å². The van der Waals surface area contributed by atoms with Crippen molar-refractivity contribution in [2.45, 2.75) is 19.8 Å². The predicted molar refractivity (Wildman–Crippen MR) is 65.1 cm³/mol. The average Bonchev–Trinajstić information content (AvgIpc) is 2.65. The molecule has 94 valence electrons. The number of amides is 1. The Kier molecular flexibility index (Phi) is 4.89. The summed E-state index contributed by atoms with van der Waals surface area (Å²) < 4.78 is 4.60. The highest BCUT2D eigenvalue weighted by Gasteiger charge is 2.15. The number of aryl methyl sites for hydroxylation is 1. The summed E-state index contributed by atoms with van der Waals surface area (Å²) in [6.07, 6.45) is 0.975. The number of primary amides is 1. The number of hydrogen-bond donors (Lipinski definition) is 2. The monoisotopic (exact) mass is 257 g/mol. The van der Waals surface area contributed by atoms with Crippen molar-refractivity contribution in [1.29, 1.82) is 0 Å². The molecule has 0 aliphatic rings. The first-order valence-electron chi connectivity index (χ1n) is 5.12. The number of anilines is 1. The fraction of sp³-hybridized carbons (Fsp3) is 0.500. The molecule has 1 aromatic rings. The Hall–Kier alpha value is -1.63. The molecule has 0 spiro atoms. The zero-order valence-corrected chi connectivity index (χ0v) is 10.6. The van der Waals surface area contributed by atoms with Crippen molar-refractivity contribution in [3.05, 3.63) is 10.6 Å². The Morgan fingerprint density at radius 1 is 1.53 bits per heavy atom. The van der Waals surface area contributed by atoms with E-state index in [0.29, 0.717) is 30.2 Å². The summed E-state index contributed by atoms with van der Waals surface area (Å²) in [5.74, 6) is -0.763.